The molecule has 0 radical (unpaired) electrons. The molecule has 0 saturated heterocycles. The van der Waals surface area contributed by atoms with Gasteiger partial charge in [0, 0.05) is 11.0 Å². The van der Waals surface area contributed by atoms with Crippen LogP contribution < -0.4 is 15.8 Å². The first kappa shape index (κ1) is 18.5. The van der Waals surface area contributed by atoms with Crippen molar-refractivity contribution in [3.8, 4) is 5.75 Å². The topological polar surface area (TPSA) is 64.3 Å². The molecular weight excluding hydrogens is 368 g/mol. The van der Waals surface area contributed by atoms with Crippen molar-refractivity contribution >= 4 is 21.8 Å². The summed E-state index contributed by atoms with van der Waals surface area (Å²) < 4.78 is 6.55. The van der Waals surface area contributed by atoms with Gasteiger partial charge in [-0.3, -0.25) is 4.79 Å². The molecule has 0 aromatic heterocycles. The number of hydrogen-bond donors (Lipinski definition) is 2. The molecule has 3 N–H and O–H groups in total. The minimum atomic E-state index is -1.07. The summed E-state index contributed by atoms with van der Waals surface area (Å²) in [5.74, 6) is 0.663. The van der Waals surface area contributed by atoms with Crippen molar-refractivity contribution in [2.24, 2.45) is 5.73 Å². The summed E-state index contributed by atoms with van der Waals surface area (Å²) in [6, 6.07) is 15.3. The van der Waals surface area contributed by atoms with Gasteiger partial charge < -0.3 is 15.8 Å². The third kappa shape index (κ3) is 4.58. The first-order valence-corrected chi connectivity index (χ1v) is 8.78. The number of nitrogens with one attached hydrogen (secondary N) is 1. The summed E-state index contributed by atoms with van der Waals surface area (Å²) in [5, 5.41) is 2.92. The Morgan fingerprint density at radius 1 is 1.21 bits per heavy atom. The number of amides is 1. The Bertz CT molecular complexity index is 684. The minimum Gasteiger partial charge on any atom is -0.494 e. The van der Waals surface area contributed by atoms with Crippen molar-refractivity contribution in [1.29, 1.82) is 0 Å². The number of ether oxygens (including phenoxy) is 1. The van der Waals surface area contributed by atoms with Gasteiger partial charge in [-0.25, -0.2) is 0 Å². The summed E-state index contributed by atoms with van der Waals surface area (Å²) in [6.45, 7) is 4.80. The van der Waals surface area contributed by atoms with Crippen LogP contribution in [0, 0.1) is 0 Å². The van der Waals surface area contributed by atoms with E-state index in [-0.39, 0.29) is 5.91 Å². The van der Waals surface area contributed by atoms with Gasteiger partial charge in [-0.05, 0) is 49.6 Å². The summed E-state index contributed by atoms with van der Waals surface area (Å²) >= 11 is 3.38. The van der Waals surface area contributed by atoms with Crippen LogP contribution in [0.4, 0.5) is 0 Å². The number of hydrogen-bond acceptors (Lipinski definition) is 3. The highest BCUT2D eigenvalue weighted by Crippen LogP contribution is 2.21. The van der Waals surface area contributed by atoms with Gasteiger partial charge in [0.25, 0.3) is 0 Å². The number of rotatable bonds is 7. The SMILES string of the molecule is CCOc1ccccc1CCNC(=O)C(C)(N)c1ccc(Br)cc1. The molecule has 24 heavy (non-hydrogen) atoms. The molecule has 0 heterocycles. The predicted octanol–water partition coefficient (Wildman–Crippen LogP) is 3.38. The molecule has 2 aromatic rings. The number of carbonyl (C=O) groups excluding carboxylic acids is 1. The van der Waals surface area contributed by atoms with E-state index < -0.39 is 5.54 Å². The van der Waals surface area contributed by atoms with Crippen LogP contribution in [0.5, 0.6) is 5.75 Å². The van der Waals surface area contributed by atoms with Crippen molar-refractivity contribution < 1.29 is 9.53 Å². The molecule has 1 unspecified atom stereocenters. The van der Waals surface area contributed by atoms with E-state index in [0.29, 0.717) is 19.6 Å². The average molecular weight is 391 g/mol. The second kappa shape index (κ2) is 8.31. The monoisotopic (exact) mass is 390 g/mol. The Kier molecular flexibility index (Phi) is 6.40. The molecule has 128 valence electrons. The molecule has 5 heteroatoms. The Balaban J connectivity index is 1.96. The zero-order valence-corrected chi connectivity index (χ0v) is 15.6. The summed E-state index contributed by atoms with van der Waals surface area (Å²) in [6.07, 6.45) is 0.693. The van der Waals surface area contributed by atoms with Gasteiger partial charge in [-0.15, -0.1) is 0 Å². The van der Waals surface area contributed by atoms with Crippen LogP contribution in [0.2, 0.25) is 0 Å². The highest BCUT2D eigenvalue weighted by molar-refractivity contribution is 9.10. The van der Waals surface area contributed by atoms with Gasteiger partial charge in [0.1, 0.15) is 11.3 Å². The van der Waals surface area contributed by atoms with Crippen LogP contribution >= 0.6 is 15.9 Å². The molecule has 2 rings (SSSR count). The maximum absolute atomic E-state index is 12.5. The first-order valence-electron chi connectivity index (χ1n) is 7.99. The normalized spacial score (nSPS) is 13.2. The third-order valence-corrected chi connectivity index (χ3v) is 4.40. The summed E-state index contributed by atoms with van der Waals surface area (Å²) in [7, 11) is 0. The number of para-hydroxylation sites is 1. The van der Waals surface area contributed by atoms with Crippen molar-refractivity contribution in [2.45, 2.75) is 25.8 Å². The predicted molar refractivity (Wildman–Crippen MR) is 100 cm³/mol. The second-order valence-corrected chi connectivity index (χ2v) is 6.67. The molecule has 0 aliphatic rings. The third-order valence-electron chi connectivity index (χ3n) is 3.87. The molecule has 1 atom stereocenters. The molecule has 1 amide bonds. The van der Waals surface area contributed by atoms with Crippen molar-refractivity contribution in [3.05, 3.63) is 64.1 Å². The van der Waals surface area contributed by atoms with E-state index in [4.69, 9.17) is 10.5 Å². The van der Waals surface area contributed by atoms with Crippen molar-refractivity contribution in [1.82, 2.24) is 5.32 Å². The van der Waals surface area contributed by atoms with Gasteiger partial charge in [-0.2, -0.15) is 0 Å². The maximum Gasteiger partial charge on any atom is 0.244 e. The lowest BCUT2D eigenvalue weighted by atomic mass is 9.92. The van der Waals surface area contributed by atoms with Gasteiger partial charge in [0.05, 0.1) is 6.61 Å². The highest BCUT2D eigenvalue weighted by Gasteiger charge is 2.30. The molecule has 0 aliphatic carbocycles. The number of benzene rings is 2. The molecule has 4 nitrogen and oxygen atoms in total. The smallest absolute Gasteiger partial charge is 0.244 e. The highest BCUT2D eigenvalue weighted by atomic mass is 79.9. The Morgan fingerprint density at radius 2 is 1.88 bits per heavy atom. The zero-order valence-electron chi connectivity index (χ0n) is 14.0. The van der Waals surface area contributed by atoms with Gasteiger partial charge in [0.15, 0.2) is 0 Å². The molecular formula is C19H23BrN2O2. The van der Waals surface area contributed by atoms with Crippen LogP contribution in [0.15, 0.2) is 53.0 Å². The quantitative estimate of drug-likeness (QED) is 0.761. The Hall–Kier alpha value is -1.85. The van der Waals surface area contributed by atoms with Crippen LogP contribution in [-0.2, 0) is 16.8 Å². The van der Waals surface area contributed by atoms with E-state index >= 15 is 0 Å². The number of carbonyl (C=O) groups is 1. The number of halogens is 1. The maximum atomic E-state index is 12.5. The molecule has 0 spiro atoms. The fourth-order valence-corrected chi connectivity index (χ4v) is 2.69. The Morgan fingerprint density at radius 3 is 2.54 bits per heavy atom. The molecule has 2 aromatic carbocycles. The second-order valence-electron chi connectivity index (χ2n) is 5.76. The molecule has 0 fully saturated rings. The van der Waals surface area contributed by atoms with Crippen LogP contribution in [0.1, 0.15) is 25.0 Å². The van der Waals surface area contributed by atoms with Gasteiger partial charge in [-0.1, -0.05) is 46.3 Å². The summed E-state index contributed by atoms with van der Waals surface area (Å²) in [4.78, 5) is 12.5. The standard InChI is InChI=1S/C19H23BrN2O2/c1-3-24-17-7-5-4-6-14(17)12-13-22-18(23)19(2,21)15-8-10-16(20)11-9-15/h4-11H,3,12-13,21H2,1-2H3,(H,22,23). The average Bonchev–Trinajstić information content (AvgIpc) is 2.57. The largest absolute Gasteiger partial charge is 0.494 e. The van der Waals surface area contributed by atoms with Crippen molar-refractivity contribution in [2.75, 3.05) is 13.2 Å². The van der Waals surface area contributed by atoms with E-state index in [9.17, 15) is 4.79 Å². The zero-order chi connectivity index (χ0) is 17.6. The van der Waals surface area contributed by atoms with Crippen LogP contribution in [0.3, 0.4) is 0 Å². The molecule has 0 bridgehead atoms. The van der Waals surface area contributed by atoms with E-state index in [1.54, 1.807) is 6.92 Å². The van der Waals surface area contributed by atoms with E-state index in [1.165, 1.54) is 0 Å². The van der Waals surface area contributed by atoms with Gasteiger partial charge in [0.2, 0.25) is 5.91 Å². The first-order chi connectivity index (χ1) is 11.4. The van der Waals surface area contributed by atoms with E-state index in [1.807, 2.05) is 55.5 Å². The van der Waals surface area contributed by atoms with Crippen molar-refractivity contribution in [3.63, 3.8) is 0 Å². The van der Waals surface area contributed by atoms with Gasteiger partial charge >= 0.3 is 0 Å². The minimum absolute atomic E-state index is 0.196. The lowest BCUT2D eigenvalue weighted by Crippen LogP contribution is -2.49. The number of nitrogens with two attached hydrogens (primary N) is 1. The molecule has 0 aliphatic heterocycles. The van der Waals surface area contributed by atoms with Crippen LogP contribution in [0.25, 0.3) is 0 Å². The fraction of sp³-hybridized carbons (Fsp3) is 0.316. The lowest BCUT2D eigenvalue weighted by molar-refractivity contribution is -0.126. The van der Waals surface area contributed by atoms with Crippen LogP contribution in [-0.4, -0.2) is 19.1 Å². The fourth-order valence-electron chi connectivity index (χ4n) is 2.43. The van der Waals surface area contributed by atoms with E-state index in [2.05, 4.69) is 21.2 Å². The van der Waals surface area contributed by atoms with E-state index in [0.717, 1.165) is 21.3 Å². The lowest BCUT2D eigenvalue weighted by Gasteiger charge is -2.24. The Labute approximate surface area is 151 Å². The summed E-state index contributed by atoms with van der Waals surface area (Å²) in [5.41, 5.74) is 7.01. The molecule has 0 saturated carbocycles.